The predicted octanol–water partition coefficient (Wildman–Crippen LogP) is 3.50. The Bertz CT molecular complexity index is 1250. The van der Waals surface area contributed by atoms with E-state index in [2.05, 4.69) is 20.5 Å². The molecule has 0 saturated carbocycles. The monoisotopic (exact) mass is 491 g/mol. The molecule has 0 saturated heterocycles. The minimum Gasteiger partial charge on any atom is -0.441 e. The predicted molar refractivity (Wildman–Crippen MR) is 137 cm³/mol. The molecule has 36 heavy (non-hydrogen) atoms. The Morgan fingerprint density at radius 2 is 1.69 bits per heavy atom. The molecule has 3 heterocycles. The molecule has 4 rings (SSSR count). The van der Waals surface area contributed by atoms with Gasteiger partial charge >= 0.3 is 0 Å². The molecule has 0 aliphatic carbocycles. The smallest absolute Gasteiger partial charge is 0.251 e. The van der Waals surface area contributed by atoms with Crippen LogP contribution < -0.4 is 11.1 Å². The maximum absolute atomic E-state index is 11.2. The summed E-state index contributed by atoms with van der Waals surface area (Å²) in [6.45, 7) is 0. The summed E-state index contributed by atoms with van der Waals surface area (Å²) in [5.41, 5.74) is 8.43. The number of aryl methyl sites for hydroxylation is 3. The highest BCUT2D eigenvalue weighted by Crippen LogP contribution is 2.25. The number of nitrogens with zero attached hydrogens (tertiary/aromatic N) is 5. The molecule has 2 amide bonds. The second kappa shape index (κ2) is 13.0. The number of primary amides is 1. The van der Waals surface area contributed by atoms with Crippen molar-refractivity contribution < 1.29 is 14.0 Å². The van der Waals surface area contributed by atoms with E-state index in [-0.39, 0.29) is 5.91 Å². The fraction of sp³-hybridized carbons (Fsp3) is 0.346. The molecule has 0 radical (unpaired) electrons. The van der Waals surface area contributed by atoms with Gasteiger partial charge in [-0.05, 0) is 18.9 Å². The molecule has 0 unspecified atom stereocenters. The van der Waals surface area contributed by atoms with E-state index in [0.717, 1.165) is 60.6 Å². The van der Waals surface area contributed by atoms with Crippen LogP contribution in [0, 0.1) is 0 Å². The third kappa shape index (κ3) is 7.93. The second-order valence-electron chi connectivity index (χ2n) is 8.42. The van der Waals surface area contributed by atoms with E-state index in [1.54, 1.807) is 31.2 Å². The van der Waals surface area contributed by atoms with Gasteiger partial charge in [-0.25, -0.2) is 4.98 Å². The van der Waals surface area contributed by atoms with E-state index in [4.69, 9.17) is 10.2 Å². The van der Waals surface area contributed by atoms with Gasteiger partial charge in [-0.15, -0.1) is 0 Å². The lowest BCUT2D eigenvalue weighted by Gasteiger charge is -2.01. The lowest BCUT2D eigenvalue weighted by atomic mass is 10.1. The van der Waals surface area contributed by atoms with E-state index in [9.17, 15) is 9.59 Å². The van der Waals surface area contributed by atoms with Crippen LogP contribution in [0.1, 0.15) is 48.4 Å². The molecule has 0 atom stereocenters. The topological polar surface area (TPSA) is 134 Å². The highest BCUT2D eigenvalue weighted by molar-refractivity contribution is 5.92. The first kappa shape index (κ1) is 26.4. The zero-order valence-electron chi connectivity index (χ0n) is 21.0. The van der Waals surface area contributed by atoms with Crippen LogP contribution in [-0.2, 0) is 25.3 Å². The molecule has 0 spiro atoms. The Hall–Kier alpha value is -4.21. The zero-order valence-corrected chi connectivity index (χ0v) is 21.0. The fourth-order valence-electron chi connectivity index (χ4n) is 3.52. The molecule has 0 aliphatic rings. The van der Waals surface area contributed by atoms with Gasteiger partial charge in [0.1, 0.15) is 0 Å². The van der Waals surface area contributed by atoms with Crippen molar-refractivity contribution >= 4 is 11.8 Å². The number of nitrogens with two attached hydrogens (primary N) is 1. The molecule has 190 valence electrons. The molecular formula is C26H33N7O3. The number of hydrogen-bond donors (Lipinski definition) is 2. The van der Waals surface area contributed by atoms with E-state index in [1.807, 2.05) is 43.6 Å². The van der Waals surface area contributed by atoms with Crippen LogP contribution in [0.15, 0.2) is 59.5 Å². The van der Waals surface area contributed by atoms with E-state index in [0.29, 0.717) is 12.0 Å². The van der Waals surface area contributed by atoms with Crippen molar-refractivity contribution in [3.05, 3.63) is 66.6 Å². The number of unbranched alkanes of at least 4 members (excludes halogenated alkanes) is 3. The molecule has 3 N–H and O–H groups in total. The third-order valence-corrected chi connectivity index (χ3v) is 5.55. The summed E-state index contributed by atoms with van der Waals surface area (Å²) in [4.78, 5) is 25.9. The average molecular weight is 492 g/mol. The van der Waals surface area contributed by atoms with Gasteiger partial charge < -0.3 is 15.5 Å². The van der Waals surface area contributed by atoms with Crippen LogP contribution in [0.2, 0.25) is 0 Å². The Labute approximate surface area is 210 Å². The zero-order chi connectivity index (χ0) is 25.9. The minimum atomic E-state index is -0.442. The van der Waals surface area contributed by atoms with Gasteiger partial charge in [-0.2, -0.15) is 10.2 Å². The number of carbonyl (C=O) groups is 2. The normalized spacial score (nSPS) is 10.5. The van der Waals surface area contributed by atoms with Crippen molar-refractivity contribution in [3.63, 3.8) is 0 Å². The fourth-order valence-corrected chi connectivity index (χ4v) is 3.52. The molecule has 0 fully saturated rings. The molecule has 4 aromatic rings. The summed E-state index contributed by atoms with van der Waals surface area (Å²) in [5.74, 6) is 1.23. The van der Waals surface area contributed by atoms with Crippen LogP contribution in [0.5, 0.6) is 0 Å². The first-order valence-electron chi connectivity index (χ1n) is 11.9. The molecular weight excluding hydrogens is 458 g/mol. The molecule has 10 heteroatoms. The van der Waals surface area contributed by atoms with E-state index in [1.165, 1.54) is 10.9 Å². The number of aromatic nitrogens is 5. The Kier molecular flexibility index (Phi) is 9.56. The Morgan fingerprint density at radius 3 is 2.28 bits per heavy atom. The van der Waals surface area contributed by atoms with Crippen LogP contribution in [0.25, 0.3) is 22.6 Å². The number of nitrogens with one attached hydrogen (secondary N) is 1. The first-order chi connectivity index (χ1) is 17.4. The van der Waals surface area contributed by atoms with E-state index >= 15 is 0 Å². The molecule has 10 nitrogen and oxygen atoms in total. The maximum Gasteiger partial charge on any atom is 0.251 e. The standard InChI is InChI=1S/C21H26N4O2.C5H7N3O/c1-22-20(26)7-5-3-4-6-8-21-23-15-19(27-21)17-11-9-16(10-12-17)18-13-14-25(2)24-18;1-8-3-4(2-7-8)5(6)9/h9-15H,3-8H2,1-2H3,(H,22,26);2-3H,1H3,(H2,6,9). The average Bonchev–Trinajstić information content (AvgIpc) is 3.63. The van der Waals surface area contributed by atoms with Crippen molar-refractivity contribution in [2.75, 3.05) is 7.05 Å². The Morgan fingerprint density at radius 1 is 0.972 bits per heavy atom. The molecule has 3 aromatic heterocycles. The molecule has 1 aromatic carbocycles. The highest BCUT2D eigenvalue weighted by atomic mass is 16.4. The van der Waals surface area contributed by atoms with Gasteiger partial charge in [-0.3, -0.25) is 19.0 Å². The Balaban J connectivity index is 0.000000338. The summed E-state index contributed by atoms with van der Waals surface area (Å²) in [5, 5.41) is 10.8. The van der Waals surface area contributed by atoms with Crippen molar-refractivity contribution in [3.8, 4) is 22.6 Å². The lowest BCUT2D eigenvalue weighted by molar-refractivity contribution is -0.120. The van der Waals surface area contributed by atoms with Crippen molar-refractivity contribution in [1.29, 1.82) is 0 Å². The van der Waals surface area contributed by atoms with Crippen LogP contribution in [0.3, 0.4) is 0 Å². The van der Waals surface area contributed by atoms with Gasteiger partial charge in [0.2, 0.25) is 5.91 Å². The van der Waals surface area contributed by atoms with E-state index < -0.39 is 5.91 Å². The number of oxazole rings is 1. The highest BCUT2D eigenvalue weighted by Gasteiger charge is 2.08. The SMILES string of the molecule is CNC(=O)CCCCCCc1ncc(-c2ccc(-c3ccn(C)n3)cc2)o1.Cn1cc(C(N)=O)cn1. The summed E-state index contributed by atoms with van der Waals surface area (Å²) >= 11 is 0. The van der Waals surface area contributed by atoms with Gasteiger partial charge in [0.25, 0.3) is 5.91 Å². The quantitative estimate of drug-likeness (QED) is 0.326. The number of rotatable bonds is 10. The van der Waals surface area contributed by atoms with Crippen LogP contribution in [0.4, 0.5) is 0 Å². The second-order valence-corrected chi connectivity index (χ2v) is 8.42. The van der Waals surface area contributed by atoms with Gasteiger partial charge in [0.05, 0.1) is 23.7 Å². The van der Waals surface area contributed by atoms with Gasteiger partial charge in [-0.1, -0.05) is 37.1 Å². The maximum atomic E-state index is 11.2. The minimum absolute atomic E-state index is 0.112. The number of hydrogen-bond acceptors (Lipinski definition) is 6. The van der Waals surface area contributed by atoms with Gasteiger partial charge in [0.15, 0.2) is 11.7 Å². The lowest BCUT2D eigenvalue weighted by Crippen LogP contribution is -2.16. The van der Waals surface area contributed by atoms with Crippen molar-refractivity contribution in [2.24, 2.45) is 19.8 Å². The van der Waals surface area contributed by atoms with Crippen molar-refractivity contribution in [2.45, 2.75) is 38.5 Å². The number of benzene rings is 1. The van der Waals surface area contributed by atoms with Crippen molar-refractivity contribution in [1.82, 2.24) is 29.9 Å². The number of amides is 2. The largest absolute Gasteiger partial charge is 0.441 e. The van der Waals surface area contributed by atoms with Gasteiger partial charge in [0, 0.05) is 57.5 Å². The van der Waals surface area contributed by atoms with Crippen LogP contribution in [-0.4, -0.2) is 43.4 Å². The van der Waals surface area contributed by atoms with Crippen LogP contribution >= 0.6 is 0 Å². The summed E-state index contributed by atoms with van der Waals surface area (Å²) in [7, 11) is 5.32. The summed E-state index contributed by atoms with van der Waals surface area (Å²) < 4.78 is 9.21. The molecule has 0 aliphatic heterocycles. The molecule has 0 bridgehead atoms. The third-order valence-electron chi connectivity index (χ3n) is 5.55. The first-order valence-corrected chi connectivity index (χ1v) is 11.9. The summed E-state index contributed by atoms with van der Waals surface area (Å²) in [6, 6.07) is 10.2. The number of carbonyl (C=O) groups excluding carboxylic acids is 2. The summed E-state index contributed by atoms with van der Waals surface area (Å²) in [6.07, 6.45) is 12.2.